The van der Waals surface area contributed by atoms with Crippen LogP contribution < -0.4 is 16.0 Å². The summed E-state index contributed by atoms with van der Waals surface area (Å²) in [7, 11) is 0. The summed E-state index contributed by atoms with van der Waals surface area (Å²) in [5.74, 6) is -0.292. The molecule has 0 saturated carbocycles. The summed E-state index contributed by atoms with van der Waals surface area (Å²) in [6.07, 6.45) is 9.34. The maximum atomic E-state index is 13.1. The molecular formula is C20H26Cl2N4O2S. The Labute approximate surface area is 187 Å². The van der Waals surface area contributed by atoms with Gasteiger partial charge in [0.05, 0.1) is 11.1 Å². The van der Waals surface area contributed by atoms with Gasteiger partial charge in [-0.05, 0) is 62.8 Å². The molecule has 0 bridgehead atoms. The van der Waals surface area contributed by atoms with Gasteiger partial charge in [-0.15, -0.1) is 36.2 Å². The molecule has 0 radical (unpaired) electrons. The van der Waals surface area contributed by atoms with Crippen molar-refractivity contribution in [3.63, 3.8) is 0 Å². The number of fused-ring (bicyclic) bond motifs is 1. The Bertz CT molecular complexity index is 839. The molecule has 9 heteroatoms. The van der Waals surface area contributed by atoms with E-state index in [4.69, 9.17) is 0 Å². The van der Waals surface area contributed by atoms with Crippen molar-refractivity contribution in [1.82, 2.24) is 15.6 Å². The van der Waals surface area contributed by atoms with Crippen molar-refractivity contribution >= 4 is 53.0 Å². The third-order valence-electron chi connectivity index (χ3n) is 5.18. The fraction of sp³-hybridized carbons (Fsp3) is 0.450. The maximum absolute atomic E-state index is 13.1. The topological polar surface area (TPSA) is 83.1 Å². The van der Waals surface area contributed by atoms with E-state index in [0.717, 1.165) is 57.2 Å². The van der Waals surface area contributed by atoms with Crippen LogP contribution in [-0.2, 0) is 12.8 Å². The average molecular weight is 457 g/mol. The van der Waals surface area contributed by atoms with Crippen LogP contribution in [-0.4, -0.2) is 35.9 Å². The van der Waals surface area contributed by atoms with Crippen LogP contribution in [0.15, 0.2) is 24.5 Å². The zero-order chi connectivity index (χ0) is 18.6. The minimum absolute atomic E-state index is 0. The van der Waals surface area contributed by atoms with Crippen molar-refractivity contribution in [1.29, 1.82) is 0 Å². The highest BCUT2D eigenvalue weighted by atomic mass is 35.5. The van der Waals surface area contributed by atoms with Crippen molar-refractivity contribution in [2.45, 2.75) is 44.6 Å². The van der Waals surface area contributed by atoms with Crippen LogP contribution in [0.2, 0.25) is 0 Å². The second-order valence-electron chi connectivity index (χ2n) is 7.13. The summed E-state index contributed by atoms with van der Waals surface area (Å²) >= 11 is 1.55. The lowest BCUT2D eigenvalue weighted by Crippen LogP contribution is -2.45. The Morgan fingerprint density at radius 1 is 1.14 bits per heavy atom. The van der Waals surface area contributed by atoms with E-state index in [1.165, 1.54) is 11.1 Å². The standard InChI is InChI=1S/C20H24N4O2S.2ClH/c25-18(13-5-3-9-21-11-13)24-20-17(15-7-1-2-8-16(15)27-20)19(26)23-14-6-4-10-22-12-14;;/h3,5,9,11,14,22H,1-2,4,6-8,10,12H2,(H,23,26)(H,24,25);2*1H/t14-;;/m0../s1. The van der Waals surface area contributed by atoms with E-state index in [-0.39, 0.29) is 42.7 Å². The van der Waals surface area contributed by atoms with E-state index in [9.17, 15) is 9.59 Å². The molecule has 3 N–H and O–H groups in total. The third-order valence-corrected chi connectivity index (χ3v) is 6.39. The number of amides is 2. The Morgan fingerprint density at radius 2 is 1.97 bits per heavy atom. The number of nitrogens with zero attached hydrogens (tertiary/aromatic N) is 1. The number of carbonyl (C=O) groups is 2. The molecule has 158 valence electrons. The van der Waals surface area contributed by atoms with E-state index in [1.807, 2.05) is 0 Å². The highest BCUT2D eigenvalue weighted by Gasteiger charge is 2.28. The minimum atomic E-state index is -0.227. The molecule has 1 saturated heterocycles. The molecule has 1 atom stereocenters. The highest BCUT2D eigenvalue weighted by molar-refractivity contribution is 7.17. The van der Waals surface area contributed by atoms with Gasteiger partial charge in [-0.2, -0.15) is 0 Å². The van der Waals surface area contributed by atoms with Crippen LogP contribution in [0.3, 0.4) is 0 Å². The monoisotopic (exact) mass is 456 g/mol. The van der Waals surface area contributed by atoms with E-state index in [0.29, 0.717) is 16.1 Å². The molecule has 2 amide bonds. The molecule has 1 aliphatic carbocycles. The zero-order valence-electron chi connectivity index (χ0n) is 16.0. The number of pyridine rings is 1. The van der Waals surface area contributed by atoms with Gasteiger partial charge in [0.1, 0.15) is 5.00 Å². The number of carbonyl (C=O) groups excluding carboxylic acids is 2. The minimum Gasteiger partial charge on any atom is -0.348 e. The van der Waals surface area contributed by atoms with Crippen LogP contribution in [0.4, 0.5) is 5.00 Å². The second-order valence-corrected chi connectivity index (χ2v) is 8.23. The van der Waals surface area contributed by atoms with E-state index in [2.05, 4.69) is 20.9 Å². The van der Waals surface area contributed by atoms with Crippen molar-refractivity contribution in [3.8, 4) is 0 Å². The number of hydrogen-bond donors (Lipinski definition) is 3. The van der Waals surface area contributed by atoms with Crippen LogP contribution in [0.1, 0.15) is 56.8 Å². The Morgan fingerprint density at radius 3 is 2.69 bits per heavy atom. The van der Waals surface area contributed by atoms with Gasteiger partial charge in [0.2, 0.25) is 0 Å². The first kappa shape index (κ1) is 23.6. The Balaban J connectivity index is 0.00000150. The summed E-state index contributed by atoms with van der Waals surface area (Å²) in [4.78, 5) is 30.9. The largest absolute Gasteiger partial charge is 0.348 e. The number of nitrogens with one attached hydrogen (secondary N) is 3. The molecule has 2 aliphatic rings. The van der Waals surface area contributed by atoms with Gasteiger partial charge in [-0.25, -0.2) is 0 Å². The molecule has 1 aliphatic heterocycles. The van der Waals surface area contributed by atoms with Gasteiger partial charge in [0.15, 0.2) is 0 Å². The molecule has 0 spiro atoms. The van der Waals surface area contributed by atoms with Gasteiger partial charge in [0, 0.05) is 29.9 Å². The van der Waals surface area contributed by atoms with Gasteiger partial charge >= 0.3 is 0 Å². The number of hydrogen-bond acceptors (Lipinski definition) is 5. The molecule has 1 fully saturated rings. The molecule has 2 aromatic rings. The summed E-state index contributed by atoms with van der Waals surface area (Å²) in [6.45, 7) is 1.81. The van der Waals surface area contributed by atoms with Crippen molar-refractivity contribution < 1.29 is 9.59 Å². The van der Waals surface area contributed by atoms with Crippen LogP contribution in [0.5, 0.6) is 0 Å². The third kappa shape index (κ3) is 5.48. The summed E-state index contributed by atoms with van der Waals surface area (Å²) in [5, 5.41) is 10.1. The molecule has 0 aromatic carbocycles. The number of aryl methyl sites for hydroxylation is 1. The number of rotatable bonds is 4. The first-order chi connectivity index (χ1) is 13.2. The maximum Gasteiger partial charge on any atom is 0.257 e. The SMILES string of the molecule is Cl.Cl.O=C(Nc1sc2c(c1C(=O)N[C@H]1CCCNC1)CCCC2)c1cccnc1. The van der Waals surface area contributed by atoms with Crippen LogP contribution in [0, 0.1) is 0 Å². The van der Waals surface area contributed by atoms with Gasteiger partial charge < -0.3 is 16.0 Å². The molecule has 29 heavy (non-hydrogen) atoms. The Hall–Kier alpha value is -1.67. The number of halogens is 2. The highest BCUT2D eigenvalue weighted by Crippen LogP contribution is 2.38. The van der Waals surface area contributed by atoms with Crippen molar-refractivity contribution in [3.05, 3.63) is 46.1 Å². The lowest BCUT2D eigenvalue weighted by atomic mass is 9.95. The molecule has 0 unspecified atom stereocenters. The smallest absolute Gasteiger partial charge is 0.257 e. The first-order valence-corrected chi connectivity index (χ1v) is 10.4. The van der Waals surface area contributed by atoms with Crippen LogP contribution in [0.25, 0.3) is 0 Å². The van der Waals surface area contributed by atoms with Crippen LogP contribution >= 0.6 is 36.2 Å². The Kier molecular flexibility index (Phi) is 8.89. The van der Waals surface area contributed by atoms with Crippen molar-refractivity contribution in [2.75, 3.05) is 18.4 Å². The lowest BCUT2D eigenvalue weighted by Gasteiger charge is -2.24. The number of aromatic nitrogens is 1. The van der Waals surface area contributed by atoms with Gasteiger partial charge in [-0.3, -0.25) is 14.6 Å². The fourth-order valence-electron chi connectivity index (χ4n) is 3.80. The van der Waals surface area contributed by atoms with Crippen molar-refractivity contribution in [2.24, 2.45) is 0 Å². The summed E-state index contributed by atoms with van der Waals surface area (Å²) in [6, 6.07) is 3.61. The average Bonchev–Trinajstić information content (AvgIpc) is 3.07. The second kappa shape index (κ2) is 10.9. The van der Waals surface area contributed by atoms with E-state index in [1.54, 1.807) is 29.7 Å². The van der Waals surface area contributed by atoms with Gasteiger partial charge in [0.25, 0.3) is 11.8 Å². The predicted molar refractivity (Wildman–Crippen MR) is 121 cm³/mol. The van der Waals surface area contributed by atoms with E-state index < -0.39 is 0 Å². The quantitative estimate of drug-likeness (QED) is 0.655. The number of thiophene rings is 1. The van der Waals surface area contributed by atoms with Gasteiger partial charge in [-0.1, -0.05) is 0 Å². The molecule has 3 heterocycles. The molecular weight excluding hydrogens is 431 g/mol. The number of anilines is 1. The summed E-state index contributed by atoms with van der Waals surface area (Å²) < 4.78 is 0. The summed E-state index contributed by atoms with van der Waals surface area (Å²) in [5.41, 5.74) is 2.28. The normalized spacial score (nSPS) is 17.9. The molecule has 6 nitrogen and oxygen atoms in total. The predicted octanol–water partition coefficient (Wildman–Crippen LogP) is 3.60. The number of piperidine rings is 1. The van der Waals surface area contributed by atoms with E-state index >= 15 is 0 Å². The first-order valence-electron chi connectivity index (χ1n) is 9.60. The molecule has 4 rings (SSSR count). The zero-order valence-corrected chi connectivity index (χ0v) is 18.5. The fourth-order valence-corrected chi connectivity index (χ4v) is 5.08. The lowest BCUT2D eigenvalue weighted by molar-refractivity contribution is 0.0931. The molecule has 2 aromatic heterocycles.